The lowest BCUT2D eigenvalue weighted by Crippen LogP contribution is -2.45. The van der Waals surface area contributed by atoms with Crippen LogP contribution in [0.5, 0.6) is 0 Å². The van der Waals surface area contributed by atoms with Gasteiger partial charge in [-0.3, -0.25) is 19.6 Å². The maximum Gasteiger partial charge on any atom is 0.413 e. The van der Waals surface area contributed by atoms with Crippen molar-refractivity contribution in [3.63, 3.8) is 0 Å². The van der Waals surface area contributed by atoms with Crippen LogP contribution in [0.3, 0.4) is 0 Å². The van der Waals surface area contributed by atoms with Gasteiger partial charge < -0.3 is 25.8 Å². The SMILES string of the molecule is COC(=O)NC(N)=Nc1nn(CC(=O)N(CC(=O)NCc2cccc(Cl)c2F)C(C)C)cc1C(=O)O. The molecule has 36 heavy (non-hydrogen) atoms. The molecule has 1 aromatic heterocycles. The fourth-order valence-corrected chi connectivity index (χ4v) is 3.09. The lowest BCUT2D eigenvalue weighted by Gasteiger charge is -2.26. The number of benzene rings is 1. The smallest absolute Gasteiger partial charge is 0.413 e. The van der Waals surface area contributed by atoms with Gasteiger partial charge in [-0.05, 0) is 19.9 Å². The molecule has 0 aliphatic heterocycles. The van der Waals surface area contributed by atoms with Crippen molar-refractivity contribution in [3.05, 3.63) is 46.4 Å². The molecular formula is C21H25ClFN7O6. The number of halogens is 2. The van der Waals surface area contributed by atoms with Crippen molar-refractivity contribution in [1.82, 2.24) is 25.3 Å². The zero-order valence-corrected chi connectivity index (χ0v) is 20.4. The Labute approximate surface area is 210 Å². The van der Waals surface area contributed by atoms with Crippen LogP contribution in [-0.2, 0) is 27.4 Å². The molecule has 2 rings (SSSR count). The van der Waals surface area contributed by atoms with Gasteiger partial charge in [-0.25, -0.2) is 14.0 Å². The summed E-state index contributed by atoms with van der Waals surface area (Å²) in [5.74, 6) is -3.98. The van der Waals surface area contributed by atoms with Crippen LogP contribution in [0.4, 0.5) is 15.0 Å². The van der Waals surface area contributed by atoms with E-state index >= 15 is 0 Å². The average Bonchev–Trinajstić information content (AvgIpc) is 3.19. The summed E-state index contributed by atoms with van der Waals surface area (Å²) in [6, 6.07) is 3.99. The van der Waals surface area contributed by atoms with E-state index in [1.165, 1.54) is 17.0 Å². The molecule has 0 radical (unpaired) electrons. The first-order valence-corrected chi connectivity index (χ1v) is 10.8. The monoisotopic (exact) mass is 525 g/mol. The molecular weight excluding hydrogens is 501 g/mol. The summed E-state index contributed by atoms with van der Waals surface area (Å²) >= 11 is 5.74. The highest BCUT2D eigenvalue weighted by Gasteiger charge is 2.23. The van der Waals surface area contributed by atoms with E-state index in [1.54, 1.807) is 19.9 Å². The third kappa shape index (κ3) is 7.66. The van der Waals surface area contributed by atoms with E-state index in [-0.39, 0.29) is 35.1 Å². The Morgan fingerprint density at radius 2 is 2.03 bits per heavy atom. The number of carbonyl (C=O) groups excluding carboxylic acids is 3. The minimum Gasteiger partial charge on any atom is -0.477 e. The lowest BCUT2D eigenvalue weighted by atomic mass is 10.2. The molecule has 0 spiro atoms. The summed E-state index contributed by atoms with van der Waals surface area (Å²) in [6.07, 6.45) is 0.136. The number of nitrogens with one attached hydrogen (secondary N) is 2. The minimum atomic E-state index is -1.40. The van der Waals surface area contributed by atoms with Gasteiger partial charge in [0.25, 0.3) is 0 Å². The van der Waals surface area contributed by atoms with Crippen molar-refractivity contribution in [2.45, 2.75) is 33.0 Å². The summed E-state index contributed by atoms with van der Waals surface area (Å²) in [5.41, 5.74) is 5.34. The molecule has 15 heteroatoms. The number of alkyl carbamates (subject to hydrolysis) is 1. The first-order valence-electron chi connectivity index (χ1n) is 10.4. The van der Waals surface area contributed by atoms with Gasteiger partial charge in [-0.1, -0.05) is 23.7 Å². The van der Waals surface area contributed by atoms with Crippen molar-refractivity contribution >= 4 is 47.3 Å². The Kier molecular flexibility index (Phi) is 9.73. The van der Waals surface area contributed by atoms with E-state index in [0.717, 1.165) is 18.0 Å². The third-order valence-corrected chi connectivity index (χ3v) is 4.97. The number of carbonyl (C=O) groups is 4. The summed E-state index contributed by atoms with van der Waals surface area (Å²) in [6.45, 7) is 2.47. The standard InChI is InChI=1S/C21H25ClFN7O6/c1-11(2)30(9-15(31)25-7-12-5-4-6-14(22)17(12)23)16(32)10-29-8-13(19(33)34)18(28-29)26-20(24)27-21(35)36-3/h4-6,8,11H,7,9-10H2,1-3H3,(H,25,31)(H,33,34)(H3,24,26,27,28,35). The second-order valence-corrected chi connectivity index (χ2v) is 7.99. The lowest BCUT2D eigenvalue weighted by molar-refractivity contribution is -0.138. The first-order chi connectivity index (χ1) is 16.9. The van der Waals surface area contributed by atoms with E-state index < -0.39 is 48.2 Å². The number of ether oxygens (including phenoxy) is 1. The number of methoxy groups -OCH3 is 1. The summed E-state index contributed by atoms with van der Waals surface area (Å²) in [5, 5.41) is 17.8. The van der Waals surface area contributed by atoms with Crippen LogP contribution in [-0.4, -0.2) is 69.3 Å². The predicted octanol–water partition coefficient (Wildman–Crippen LogP) is 1.23. The maximum atomic E-state index is 14.0. The second-order valence-electron chi connectivity index (χ2n) is 7.59. The molecule has 5 N–H and O–H groups in total. The number of hydrogen-bond donors (Lipinski definition) is 4. The molecule has 0 atom stereocenters. The van der Waals surface area contributed by atoms with Crippen LogP contribution in [0.25, 0.3) is 0 Å². The molecule has 0 unspecified atom stereocenters. The maximum absolute atomic E-state index is 14.0. The van der Waals surface area contributed by atoms with Gasteiger partial charge in [0.05, 0.1) is 18.7 Å². The van der Waals surface area contributed by atoms with Crippen LogP contribution < -0.4 is 16.4 Å². The zero-order valence-electron chi connectivity index (χ0n) is 19.6. The fourth-order valence-electron chi connectivity index (χ4n) is 2.90. The molecule has 0 bridgehead atoms. The fraction of sp³-hybridized carbons (Fsp3) is 0.333. The van der Waals surface area contributed by atoms with Gasteiger partial charge in [0.1, 0.15) is 17.9 Å². The number of nitrogens with two attached hydrogens (primary N) is 1. The van der Waals surface area contributed by atoms with Gasteiger partial charge in [0.15, 0.2) is 5.82 Å². The molecule has 13 nitrogen and oxygen atoms in total. The normalized spacial score (nSPS) is 11.2. The highest BCUT2D eigenvalue weighted by molar-refractivity contribution is 6.30. The number of carboxylic acid groups (broad SMARTS) is 1. The number of aromatic nitrogens is 2. The van der Waals surface area contributed by atoms with Crippen LogP contribution in [0.15, 0.2) is 29.4 Å². The van der Waals surface area contributed by atoms with Gasteiger partial charge in [-0.2, -0.15) is 10.1 Å². The number of rotatable bonds is 9. The van der Waals surface area contributed by atoms with Crippen LogP contribution in [0.2, 0.25) is 5.02 Å². The average molecular weight is 526 g/mol. The largest absolute Gasteiger partial charge is 0.477 e. The molecule has 2 aromatic rings. The molecule has 0 aliphatic rings. The zero-order chi connectivity index (χ0) is 27.0. The van der Waals surface area contributed by atoms with E-state index in [9.17, 15) is 28.7 Å². The molecule has 3 amide bonds. The molecule has 1 heterocycles. The molecule has 0 aliphatic carbocycles. The van der Waals surface area contributed by atoms with Gasteiger partial charge in [0, 0.05) is 24.3 Å². The third-order valence-electron chi connectivity index (χ3n) is 4.68. The highest BCUT2D eigenvalue weighted by atomic mass is 35.5. The van der Waals surface area contributed by atoms with Gasteiger partial charge >= 0.3 is 12.1 Å². The minimum absolute atomic E-state index is 0.0766. The molecule has 0 fully saturated rings. The van der Waals surface area contributed by atoms with Crippen molar-refractivity contribution in [2.75, 3.05) is 13.7 Å². The van der Waals surface area contributed by atoms with Crippen molar-refractivity contribution in [3.8, 4) is 0 Å². The van der Waals surface area contributed by atoms with Crippen LogP contribution in [0, 0.1) is 5.82 Å². The van der Waals surface area contributed by atoms with Crippen molar-refractivity contribution < 1.29 is 33.4 Å². The number of amides is 3. The topological polar surface area (TPSA) is 181 Å². The van der Waals surface area contributed by atoms with Gasteiger partial charge in [0.2, 0.25) is 17.8 Å². The van der Waals surface area contributed by atoms with Crippen LogP contribution in [0.1, 0.15) is 29.8 Å². The quantitative estimate of drug-likeness (QED) is 0.278. The second kappa shape index (κ2) is 12.5. The number of nitrogens with zero attached hydrogens (tertiary/aromatic N) is 4. The van der Waals surface area contributed by atoms with Crippen molar-refractivity contribution in [1.29, 1.82) is 0 Å². The molecule has 0 saturated carbocycles. The number of hydrogen-bond acceptors (Lipinski definition) is 7. The first kappa shape index (κ1) is 28.0. The molecule has 194 valence electrons. The number of carboxylic acids is 1. The summed E-state index contributed by atoms with van der Waals surface area (Å²) in [4.78, 5) is 53.1. The Balaban J connectivity index is 2.11. The van der Waals surface area contributed by atoms with E-state index in [2.05, 4.69) is 25.5 Å². The Hall–Kier alpha value is -4.20. The molecule has 0 saturated heterocycles. The number of aromatic carboxylic acids is 1. The summed E-state index contributed by atoms with van der Waals surface area (Å²) < 4.78 is 19.4. The number of guanidine groups is 1. The molecule has 1 aromatic carbocycles. The van der Waals surface area contributed by atoms with Crippen LogP contribution >= 0.6 is 11.6 Å². The Morgan fingerprint density at radius 1 is 1.33 bits per heavy atom. The Morgan fingerprint density at radius 3 is 2.64 bits per heavy atom. The number of aliphatic imine (C=N–C) groups is 1. The van der Waals surface area contributed by atoms with E-state index in [4.69, 9.17) is 17.3 Å². The summed E-state index contributed by atoms with van der Waals surface area (Å²) in [7, 11) is 1.10. The van der Waals surface area contributed by atoms with E-state index in [1.807, 2.05) is 0 Å². The Bertz CT molecular complexity index is 1180. The van der Waals surface area contributed by atoms with E-state index in [0.29, 0.717) is 0 Å². The predicted molar refractivity (Wildman–Crippen MR) is 126 cm³/mol. The highest BCUT2D eigenvalue weighted by Crippen LogP contribution is 2.18. The van der Waals surface area contributed by atoms with Gasteiger partial charge in [-0.15, -0.1) is 0 Å². The van der Waals surface area contributed by atoms with Crippen molar-refractivity contribution in [2.24, 2.45) is 10.7 Å².